The van der Waals surface area contributed by atoms with Crippen LogP contribution in [0.3, 0.4) is 0 Å². The van der Waals surface area contributed by atoms with E-state index in [2.05, 4.69) is 30.5 Å². The van der Waals surface area contributed by atoms with Gasteiger partial charge in [-0.2, -0.15) is 0 Å². The Hall–Kier alpha value is -3.68. The van der Waals surface area contributed by atoms with Crippen molar-refractivity contribution in [1.82, 2.24) is 10.2 Å². The lowest BCUT2D eigenvalue weighted by molar-refractivity contribution is -0.136. The van der Waals surface area contributed by atoms with Gasteiger partial charge in [0.1, 0.15) is 6.04 Å². The molecule has 170 valence electrons. The van der Waals surface area contributed by atoms with E-state index in [4.69, 9.17) is 0 Å². The molecule has 2 aromatic rings. The number of piperidine rings is 1. The quantitative estimate of drug-likeness (QED) is 0.707. The van der Waals surface area contributed by atoms with Gasteiger partial charge in [-0.25, -0.2) is 4.79 Å². The highest BCUT2D eigenvalue weighted by Gasteiger charge is 2.39. The summed E-state index contributed by atoms with van der Waals surface area (Å²) in [5, 5.41) is 5.28. The van der Waals surface area contributed by atoms with E-state index in [9.17, 15) is 19.2 Å². The van der Waals surface area contributed by atoms with E-state index in [0.717, 1.165) is 11.3 Å². The normalized spacial score (nSPS) is 21.8. The van der Waals surface area contributed by atoms with E-state index in [-0.39, 0.29) is 36.7 Å². The van der Waals surface area contributed by atoms with Crippen molar-refractivity contribution in [2.24, 2.45) is 5.92 Å². The Bertz CT molecular complexity index is 1170. The number of amides is 5. The zero-order valence-electron chi connectivity index (χ0n) is 18.6. The number of benzene rings is 2. The van der Waals surface area contributed by atoms with Gasteiger partial charge < -0.3 is 10.2 Å². The van der Waals surface area contributed by atoms with Crippen molar-refractivity contribution in [2.75, 3.05) is 16.8 Å². The van der Waals surface area contributed by atoms with Crippen LogP contribution >= 0.6 is 0 Å². The zero-order valence-corrected chi connectivity index (χ0v) is 18.6. The summed E-state index contributed by atoms with van der Waals surface area (Å²) < 4.78 is 0. The summed E-state index contributed by atoms with van der Waals surface area (Å²) in [6, 6.07) is 12.3. The molecule has 2 atom stereocenters. The number of fused-ring (bicyclic) bond motifs is 2. The Morgan fingerprint density at radius 2 is 1.91 bits per heavy atom. The first kappa shape index (κ1) is 21.2. The molecule has 3 aliphatic heterocycles. The summed E-state index contributed by atoms with van der Waals surface area (Å²) in [5.74, 6) is -0.285. The Labute approximate surface area is 191 Å². The number of carbonyl (C=O) groups excluding carboxylic acids is 4. The monoisotopic (exact) mass is 446 g/mol. The molecular formula is C25H26N4O4. The number of para-hydroxylation sites is 1. The zero-order chi connectivity index (χ0) is 23.3. The van der Waals surface area contributed by atoms with Crippen LogP contribution in [0.5, 0.6) is 0 Å². The molecule has 5 rings (SSSR count). The Morgan fingerprint density at radius 3 is 2.67 bits per heavy atom. The van der Waals surface area contributed by atoms with Crippen molar-refractivity contribution in [3.05, 3.63) is 59.2 Å². The molecule has 33 heavy (non-hydrogen) atoms. The number of hydrogen-bond acceptors (Lipinski definition) is 4. The van der Waals surface area contributed by atoms with E-state index in [0.29, 0.717) is 30.1 Å². The molecule has 1 fully saturated rings. The van der Waals surface area contributed by atoms with Crippen LogP contribution in [0.4, 0.5) is 16.2 Å². The van der Waals surface area contributed by atoms with Crippen LogP contribution in [0.1, 0.15) is 54.1 Å². The first-order valence-corrected chi connectivity index (χ1v) is 11.3. The molecule has 3 aliphatic rings. The molecule has 0 aliphatic carbocycles. The van der Waals surface area contributed by atoms with Crippen molar-refractivity contribution in [3.8, 4) is 0 Å². The summed E-state index contributed by atoms with van der Waals surface area (Å²) >= 11 is 0. The van der Waals surface area contributed by atoms with Crippen LogP contribution in [0.2, 0.25) is 0 Å². The minimum atomic E-state index is -0.658. The van der Waals surface area contributed by atoms with Crippen molar-refractivity contribution in [1.29, 1.82) is 0 Å². The van der Waals surface area contributed by atoms with E-state index < -0.39 is 11.9 Å². The fraction of sp³-hybridized carbons (Fsp3) is 0.360. The highest BCUT2D eigenvalue weighted by atomic mass is 16.2. The summed E-state index contributed by atoms with van der Waals surface area (Å²) in [6.07, 6.45) is 0.534. The highest BCUT2D eigenvalue weighted by molar-refractivity contribution is 6.06. The molecular weight excluding hydrogens is 420 g/mol. The van der Waals surface area contributed by atoms with Gasteiger partial charge in [0.15, 0.2) is 0 Å². The lowest BCUT2D eigenvalue weighted by atomic mass is 9.90. The van der Waals surface area contributed by atoms with Gasteiger partial charge >= 0.3 is 6.03 Å². The highest BCUT2D eigenvalue weighted by Crippen LogP contribution is 2.40. The third-order valence-electron chi connectivity index (χ3n) is 6.83. The summed E-state index contributed by atoms with van der Waals surface area (Å²) in [6.45, 7) is 5.21. The fourth-order valence-electron chi connectivity index (χ4n) is 5.05. The molecule has 5 amide bonds. The Kier molecular flexibility index (Phi) is 5.15. The summed E-state index contributed by atoms with van der Waals surface area (Å²) in [4.78, 5) is 53.0. The molecule has 0 radical (unpaired) electrons. The standard InChI is InChI=1S/C25H26N4O4/c1-14(2)19-13-29(20-6-4-3-5-18(19)20)25(33)26-16-7-8-17-15(11-16)12-28(24(17)32)21-9-10-22(30)27-23(21)31/h3-8,11,14,19,21H,9-10,12-13H2,1-2H3,(H,26,33)(H,27,30,31). The molecule has 0 bridgehead atoms. The SMILES string of the molecule is CC(C)C1CN(C(=O)Nc2ccc3c(c2)CN(C2CCC(=O)NC2=O)C3=O)c2ccccc21. The number of anilines is 2. The van der Waals surface area contributed by atoms with Gasteiger partial charge in [0.2, 0.25) is 11.8 Å². The number of nitrogens with one attached hydrogen (secondary N) is 2. The van der Waals surface area contributed by atoms with Crippen LogP contribution < -0.4 is 15.5 Å². The third-order valence-corrected chi connectivity index (χ3v) is 6.83. The third kappa shape index (κ3) is 3.65. The molecule has 8 nitrogen and oxygen atoms in total. The molecule has 1 saturated heterocycles. The molecule has 8 heteroatoms. The van der Waals surface area contributed by atoms with Gasteiger partial charge in [-0.1, -0.05) is 32.0 Å². The summed E-state index contributed by atoms with van der Waals surface area (Å²) in [7, 11) is 0. The minimum absolute atomic E-state index is 0.211. The number of carbonyl (C=O) groups is 4. The predicted octanol–water partition coefficient (Wildman–Crippen LogP) is 3.24. The van der Waals surface area contributed by atoms with E-state index in [1.165, 1.54) is 10.5 Å². The number of hydrogen-bond donors (Lipinski definition) is 2. The number of nitrogens with zero attached hydrogens (tertiary/aromatic N) is 2. The van der Waals surface area contributed by atoms with E-state index in [1.807, 2.05) is 18.2 Å². The predicted molar refractivity (Wildman–Crippen MR) is 123 cm³/mol. The average molecular weight is 447 g/mol. The van der Waals surface area contributed by atoms with Crippen molar-refractivity contribution >= 4 is 35.1 Å². The topological polar surface area (TPSA) is 98.8 Å². The van der Waals surface area contributed by atoms with Crippen molar-refractivity contribution < 1.29 is 19.2 Å². The maximum absolute atomic E-state index is 13.1. The Morgan fingerprint density at radius 1 is 1.12 bits per heavy atom. The lowest BCUT2D eigenvalue weighted by Crippen LogP contribution is -2.52. The van der Waals surface area contributed by atoms with Gasteiger partial charge in [0, 0.05) is 42.4 Å². The van der Waals surface area contributed by atoms with Gasteiger partial charge in [-0.15, -0.1) is 0 Å². The van der Waals surface area contributed by atoms with Crippen molar-refractivity contribution in [2.45, 2.75) is 45.2 Å². The first-order chi connectivity index (χ1) is 15.8. The number of imide groups is 1. The number of rotatable bonds is 3. The Balaban J connectivity index is 1.33. The van der Waals surface area contributed by atoms with Crippen LogP contribution in [0, 0.1) is 5.92 Å². The molecule has 0 saturated carbocycles. The molecule has 2 N–H and O–H groups in total. The molecule has 2 unspecified atom stereocenters. The minimum Gasteiger partial charge on any atom is -0.322 e. The maximum atomic E-state index is 13.1. The largest absolute Gasteiger partial charge is 0.326 e. The van der Waals surface area contributed by atoms with Crippen LogP contribution in [-0.2, 0) is 16.1 Å². The van der Waals surface area contributed by atoms with Gasteiger partial charge in [-0.05, 0) is 47.7 Å². The van der Waals surface area contributed by atoms with E-state index >= 15 is 0 Å². The van der Waals surface area contributed by atoms with Crippen LogP contribution in [-0.4, -0.2) is 41.2 Å². The van der Waals surface area contributed by atoms with Gasteiger partial charge in [-0.3, -0.25) is 24.6 Å². The maximum Gasteiger partial charge on any atom is 0.326 e. The van der Waals surface area contributed by atoms with Gasteiger partial charge in [0.25, 0.3) is 5.91 Å². The molecule has 2 aromatic carbocycles. The molecule has 0 aromatic heterocycles. The number of urea groups is 1. The van der Waals surface area contributed by atoms with Crippen molar-refractivity contribution in [3.63, 3.8) is 0 Å². The second kappa shape index (κ2) is 8.03. The van der Waals surface area contributed by atoms with Crippen LogP contribution in [0.15, 0.2) is 42.5 Å². The summed E-state index contributed by atoms with van der Waals surface area (Å²) in [5.41, 5.74) is 3.98. The molecule has 3 heterocycles. The molecule has 0 spiro atoms. The second-order valence-corrected chi connectivity index (χ2v) is 9.22. The lowest BCUT2D eigenvalue weighted by Gasteiger charge is -2.29. The smallest absolute Gasteiger partial charge is 0.322 e. The van der Waals surface area contributed by atoms with Gasteiger partial charge in [0.05, 0.1) is 0 Å². The van der Waals surface area contributed by atoms with Crippen LogP contribution in [0.25, 0.3) is 0 Å². The first-order valence-electron chi connectivity index (χ1n) is 11.3. The second-order valence-electron chi connectivity index (χ2n) is 9.22. The van der Waals surface area contributed by atoms with E-state index in [1.54, 1.807) is 23.1 Å². The fourth-order valence-corrected chi connectivity index (χ4v) is 5.05. The average Bonchev–Trinajstić information content (AvgIpc) is 3.32.